The van der Waals surface area contributed by atoms with Crippen molar-refractivity contribution < 1.29 is 13.2 Å². The van der Waals surface area contributed by atoms with Crippen molar-refractivity contribution in [3.05, 3.63) is 59.2 Å². The Balaban J connectivity index is 1.61. The van der Waals surface area contributed by atoms with E-state index >= 15 is 0 Å². The van der Waals surface area contributed by atoms with E-state index in [1.165, 1.54) is 15.4 Å². The Bertz CT molecular complexity index is 944. The number of fused-ring (bicyclic) bond motifs is 2. The number of benzene rings is 2. The Morgan fingerprint density at radius 2 is 1.69 bits per heavy atom. The van der Waals surface area contributed by atoms with Crippen LogP contribution in [0.5, 0.6) is 0 Å². The molecule has 0 saturated heterocycles. The molecule has 0 spiro atoms. The Morgan fingerprint density at radius 3 is 2.38 bits per heavy atom. The first-order valence-electron chi connectivity index (χ1n) is 8.93. The molecule has 1 amide bonds. The van der Waals surface area contributed by atoms with Crippen LogP contribution in [-0.2, 0) is 34.1 Å². The van der Waals surface area contributed by atoms with Crippen LogP contribution in [0.2, 0.25) is 0 Å². The van der Waals surface area contributed by atoms with Crippen LogP contribution < -0.4 is 5.32 Å². The molecule has 1 heterocycles. The Hall–Kier alpha value is -2.18. The number of hydrogen-bond donors (Lipinski definition) is 1. The van der Waals surface area contributed by atoms with Gasteiger partial charge in [-0.25, -0.2) is 8.42 Å². The van der Waals surface area contributed by atoms with Crippen molar-refractivity contribution >= 4 is 21.6 Å². The monoisotopic (exact) mass is 370 g/mol. The van der Waals surface area contributed by atoms with Crippen molar-refractivity contribution in [2.75, 3.05) is 12.4 Å². The maximum absolute atomic E-state index is 13.1. The first kappa shape index (κ1) is 17.2. The van der Waals surface area contributed by atoms with Crippen LogP contribution in [0.25, 0.3) is 0 Å². The van der Waals surface area contributed by atoms with Crippen molar-refractivity contribution in [1.29, 1.82) is 0 Å². The Labute approximate surface area is 154 Å². The van der Waals surface area contributed by atoms with Crippen LogP contribution in [0, 0.1) is 0 Å². The van der Waals surface area contributed by atoms with Crippen LogP contribution in [0.3, 0.4) is 0 Å². The summed E-state index contributed by atoms with van der Waals surface area (Å²) in [6.07, 6.45) is 3.39. The summed E-state index contributed by atoms with van der Waals surface area (Å²) in [5.74, 6) is -0.0137. The lowest BCUT2D eigenvalue weighted by Gasteiger charge is -2.24. The molecule has 0 fully saturated rings. The summed E-state index contributed by atoms with van der Waals surface area (Å²) in [5, 5.41) is 2.85. The minimum Gasteiger partial charge on any atom is -0.326 e. The third kappa shape index (κ3) is 3.04. The average molecular weight is 370 g/mol. The molecular weight excluding hydrogens is 348 g/mol. The molecule has 0 unspecified atom stereocenters. The van der Waals surface area contributed by atoms with Gasteiger partial charge in [0.15, 0.2) is 0 Å². The van der Waals surface area contributed by atoms with Crippen molar-refractivity contribution in [2.45, 2.75) is 43.0 Å². The molecule has 26 heavy (non-hydrogen) atoms. The van der Waals surface area contributed by atoms with E-state index in [0.29, 0.717) is 17.7 Å². The summed E-state index contributed by atoms with van der Waals surface area (Å²) in [4.78, 5) is 12.0. The van der Waals surface area contributed by atoms with Gasteiger partial charge in [-0.15, -0.1) is 0 Å². The minimum absolute atomic E-state index is 0.0137. The number of aryl methyl sites for hydroxylation is 1. The topological polar surface area (TPSA) is 66.5 Å². The van der Waals surface area contributed by atoms with Gasteiger partial charge in [0.2, 0.25) is 15.9 Å². The zero-order valence-corrected chi connectivity index (χ0v) is 15.6. The van der Waals surface area contributed by atoms with Gasteiger partial charge in [0.1, 0.15) is 0 Å². The van der Waals surface area contributed by atoms with E-state index in [4.69, 9.17) is 0 Å². The van der Waals surface area contributed by atoms with Crippen molar-refractivity contribution in [3.63, 3.8) is 0 Å². The van der Waals surface area contributed by atoms with Crippen molar-refractivity contribution in [1.82, 2.24) is 4.31 Å². The summed E-state index contributed by atoms with van der Waals surface area (Å²) in [5.41, 5.74) is 4.07. The SMILES string of the molecule is CN(C1Cc2ccccc2C1)S(=O)(=O)c1ccc2c(c1)CCCC(=O)N2. The molecule has 136 valence electrons. The van der Waals surface area contributed by atoms with Crippen LogP contribution in [-0.4, -0.2) is 31.7 Å². The van der Waals surface area contributed by atoms with Gasteiger partial charge in [0.05, 0.1) is 4.90 Å². The number of nitrogens with zero attached hydrogens (tertiary/aromatic N) is 1. The van der Waals surface area contributed by atoms with Gasteiger partial charge >= 0.3 is 0 Å². The predicted molar refractivity (Wildman–Crippen MR) is 101 cm³/mol. The summed E-state index contributed by atoms with van der Waals surface area (Å²) >= 11 is 0. The molecule has 4 rings (SSSR count). The van der Waals surface area contributed by atoms with E-state index in [1.807, 2.05) is 12.1 Å². The summed E-state index contributed by atoms with van der Waals surface area (Å²) in [6.45, 7) is 0. The highest BCUT2D eigenvalue weighted by molar-refractivity contribution is 7.89. The fourth-order valence-corrected chi connectivity index (χ4v) is 5.27. The molecule has 0 atom stereocenters. The summed E-state index contributed by atoms with van der Waals surface area (Å²) < 4.78 is 27.8. The number of likely N-dealkylation sites (N-methyl/N-ethyl adjacent to an activating group) is 1. The van der Waals surface area contributed by atoms with Gasteiger partial charge in [0, 0.05) is 25.2 Å². The molecule has 1 aliphatic heterocycles. The Morgan fingerprint density at radius 1 is 1.00 bits per heavy atom. The molecule has 5 nitrogen and oxygen atoms in total. The van der Waals surface area contributed by atoms with E-state index in [2.05, 4.69) is 17.4 Å². The smallest absolute Gasteiger partial charge is 0.243 e. The molecule has 6 heteroatoms. The van der Waals surface area contributed by atoms with Gasteiger partial charge in [0.25, 0.3) is 0 Å². The molecule has 2 aromatic rings. The second-order valence-electron chi connectivity index (χ2n) is 7.07. The van der Waals surface area contributed by atoms with Gasteiger partial charge in [-0.05, 0) is 60.6 Å². The average Bonchev–Trinajstić information content (AvgIpc) is 2.96. The number of hydrogen-bond acceptors (Lipinski definition) is 3. The largest absolute Gasteiger partial charge is 0.326 e. The third-order valence-corrected chi connectivity index (χ3v) is 7.33. The number of sulfonamides is 1. The molecule has 1 aliphatic carbocycles. The molecule has 2 aliphatic rings. The summed E-state index contributed by atoms with van der Waals surface area (Å²) in [7, 11) is -1.91. The van der Waals surface area contributed by atoms with Gasteiger partial charge in [-0.3, -0.25) is 4.79 Å². The number of anilines is 1. The van der Waals surface area contributed by atoms with Crippen LogP contribution in [0.1, 0.15) is 29.5 Å². The lowest BCUT2D eigenvalue weighted by Crippen LogP contribution is -2.37. The van der Waals surface area contributed by atoms with E-state index in [1.54, 1.807) is 25.2 Å². The highest BCUT2D eigenvalue weighted by Gasteiger charge is 2.32. The highest BCUT2D eigenvalue weighted by atomic mass is 32.2. The van der Waals surface area contributed by atoms with E-state index in [0.717, 1.165) is 30.5 Å². The number of amides is 1. The Kier molecular flexibility index (Phi) is 4.32. The lowest BCUT2D eigenvalue weighted by molar-refractivity contribution is -0.116. The van der Waals surface area contributed by atoms with Crippen molar-refractivity contribution in [2.24, 2.45) is 0 Å². The number of carbonyl (C=O) groups is 1. The number of rotatable bonds is 3. The van der Waals surface area contributed by atoms with Crippen molar-refractivity contribution in [3.8, 4) is 0 Å². The molecule has 0 radical (unpaired) electrons. The minimum atomic E-state index is -3.58. The molecule has 1 N–H and O–H groups in total. The normalized spacial score (nSPS) is 17.5. The summed E-state index contributed by atoms with van der Waals surface area (Å²) in [6, 6.07) is 13.1. The fourth-order valence-electron chi connectivity index (χ4n) is 3.87. The molecule has 2 aromatic carbocycles. The molecule has 0 saturated carbocycles. The van der Waals surface area contributed by atoms with Gasteiger partial charge in [-0.1, -0.05) is 24.3 Å². The predicted octanol–water partition coefficient (Wildman–Crippen LogP) is 2.75. The molecule has 0 bridgehead atoms. The van der Waals surface area contributed by atoms with E-state index in [-0.39, 0.29) is 11.9 Å². The molecular formula is C20H22N2O3S. The highest BCUT2D eigenvalue weighted by Crippen LogP contribution is 2.30. The van der Waals surface area contributed by atoms with Crippen LogP contribution >= 0.6 is 0 Å². The van der Waals surface area contributed by atoms with Crippen LogP contribution in [0.4, 0.5) is 5.69 Å². The maximum Gasteiger partial charge on any atom is 0.243 e. The zero-order chi connectivity index (χ0) is 18.3. The van der Waals surface area contributed by atoms with Gasteiger partial charge < -0.3 is 5.32 Å². The number of carbonyl (C=O) groups excluding carboxylic acids is 1. The standard InChI is InChI=1S/C20H22N2O3S/c1-22(17-11-14-5-2-3-6-15(14)12-17)26(24,25)18-9-10-19-16(13-18)7-4-8-20(23)21-19/h2-3,5-6,9-10,13,17H,4,7-8,11-12H2,1H3,(H,21,23). The first-order chi connectivity index (χ1) is 12.4. The van der Waals surface area contributed by atoms with Crippen LogP contribution in [0.15, 0.2) is 47.4 Å². The number of nitrogens with one attached hydrogen (secondary N) is 1. The lowest BCUT2D eigenvalue weighted by atomic mass is 10.1. The fraction of sp³-hybridized carbons (Fsp3) is 0.350. The molecule has 0 aromatic heterocycles. The van der Waals surface area contributed by atoms with E-state index < -0.39 is 10.0 Å². The maximum atomic E-state index is 13.1. The van der Waals surface area contributed by atoms with E-state index in [9.17, 15) is 13.2 Å². The zero-order valence-electron chi connectivity index (χ0n) is 14.7. The second kappa shape index (κ2) is 6.52. The second-order valence-corrected chi connectivity index (χ2v) is 9.07. The quantitative estimate of drug-likeness (QED) is 0.903. The van der Waals surface area contributed by atoms with Gasteiger partial charge in [-0.2, -0.15) is 4.31 Å². The third-order valence-electron chi connectivity index (χ3n) is 5.42. The first-order valence-corrected chi connectivity index (χ1v) is 10.4.